The summed E-state index contributed by atoms with van der Waals surface area (Å²) in [6, 6.07) is 0. The maximum atomic E-state index is 9.45. The summed E-state index contributed by atoms with van der Waals surface area (Å²) in [6.07, 6.45) is -1.23. The first kappa shape index (κ1) is 10.8. The molecule has 0 aromatic heterocycles. The molecule has 0 aromatic carbocycles. The number of aliphatic hydroxyl groups excluding tert-OH is 1. The van der Waals surface area contributed by atoms with Gasteiger partial charge in [-0.25, -0.2) is 4.79 Å². The van der Waals surface area contributed by atoms with Crippen molar-refractivity contribution in [3.05, 3.63) is 0 Å². The molecule has 0 aliphatic heterocycles. The molecule has 8 heavy (non-hydrogen) atoms. The van der Waals surface area contributed by atoms with Crippen molar-refractivity contribution in [3.8, 4) is 0 Å². The third-order valence-corrected chi connectivity index (χ3v) is 0.357. The van der Waals surface area contributed by atoms with Crippen LogP contribution in [-0.2, 0) is 26.6 Å². The molecule has 4 nitrogen and oxygen atoms in total. The van der Waals surface area contributed by atoms with Crippen LogP contribution in [0.15, 0.2) is 0 Å². The van der Waals surface area contributed by atoms with Crippen LogP contribution in [0.1, 0.15) is 6.92 Å². The Morgan fingerprint density at radius 3 is 1.75 bits per heavy atom. The Hall–Kier alpha value is -0.147. The fraction of sp³-hybridized carbons (Fsp3) is 0.667. The minimum absolute atomic E-state index is 0.125. The van der Waals surface area contributed by atoms with Gasteiger partial charge in [0.1, 0.15) is 6.10 Å². The number of aliphatic hydroxyl groups is 1. The number of hydrogen-bond acceptors (Lipinski definition) is 3. The summed E-state index contributed by atoms with van der Waals surface area (Å²) < 4.78 is 8.38. The van der Waals surface area contributed by atoms with Crippen molar-refractivity contribution < 1.29 is 36.8 Å². The Kier molecular flexibility index (Phi) is 9.22. The van der Waals surface area contributed by atoms with E-state index in [1.165, 1.54) is 6.92 Å². The van der Waals surface area contributed by atoms with Crippen LogP contribution in [0.3, 0.4) is 0 Å². The molecule has 0 saturated heterocycles. The second kappa shape index (κ2) is 6.85. The monoisotopic (exact) mass is 170 g/mol. The molecule has 1 atom stereocenters. The van der Waals surface area contributed by atoms with Crippen LogP contribution in [0, 0.1) is 0 Å². The molecule has 44 valence electrons. The van der Waals surface area contributed by atoms with E-state index < -0.39 is 12.1 Å². The van der Waals surface area contributed by atoms with Crippen molar-refractivity contribution in [2.45, 2.75) is 13.0 Å². The molecule has 0 aliphatic carbocycles. The molecule has 0 bridgehead atoms. The molecule has 0 aromatic rings. The van der Waals surface area contributed by atoms with E-state index in [2.05, 4.69) is 0 Å². The molecule has 5 heteroatoms. The van der Waals surface area contributed by atoms with Crippen LogP contribution in [0.5, 0.6) is 0 Å². The number of carbonyl (C=O) groups is 1. The zero-order chi connectivity index (χ0) is 7.15. The van der Waals surface area contributed by atoms with Crippen molar-refractivity contribution in [1.82, 2.24) is 0 Å². The standard InChI is InChI=1S/C3H6O3.O.Zn/c1-2(4)3(5)6;;/h2,4H,1H3,(H,5,6);;. The van der Waals surface area contributed by atoms with E-state index in [9.17, 15) is 4.79 Å². The Balaban J connectivity index is 0. The molecule has 0 amide bonds. The van der Waals surface area contributed by atoms with Crippen LogP contribution >= 0.6 is 0 Å². The zero-order valence-corrected chi connectivity index (χ0v) is 7.46. The van der Waals surface area contributed by atoms with Gasteiger partial charge >= 0.3 is 27.8 Å². The Morgan fingerprint density at radius 1 is 1.62 bits per heavy atom. The van der Waals surface area contributed by atoms with E-state index in [-0.39, 0.29) is 18.3 Å². The van der Waals surface area contributed by atoms with Crippen molar-refractivity contribution in [2.24, 2.45) is 0 Å². The third-order valence-electron chi connectivity index (χ3n) is 0.357. The predicted molar refractivity (Wildman–Crippen MR) is 20.0 cm³/mol. The van der Waals surface area contributed by atoms with Gasteiger partial charge in [0.15, 0.2) is 0 Å². The Morgan fingerprint density at radius 2 is 1.75 bits per heavy atom. The molecule has 1 unspecified atom stereocenters. The summed E-state index contributed by atoms with van der Waals surface area (Å²) in [7, 11) is 0. The van der Waals surface area contributed by atoms with E-state index >= 15 is 0 Å². The van der Waals surface area contributed by atoms with Gasteiger partial charge in [0.05, 0.1) is 0 Å². The van der Waals surface area contributed by atoms with Gasteiger partial charge in [-0.2, -0.15) is 0 Å². The van der Waals surface area contributed by atoms with Crippen LogP contribution in [-0.4, -0.2) is 22.3 Å². The fourth-order valence-electron chi connectivity index (χ4n) is 0. The molecular formula is C3H6O4Zn. The summed E-state index contributed by atoms with van der Waals surface area (Å²) in [4.78, 5) is 9.45. The first-order chi connectivity index (χ1) is 3.64. The van der Waals surface area contributed by atoms with Gasteiger partial charge in [-0.05, 0) is 6.92 Å². The number of rotatable bonds is 1. The number of carboxylic acid groups (broad SMARTS) is 1. The zero-order valence-electron chi connectivity index (χ0n) is 4.50. The van der Waals surface area contributed by atoms with Crippen LogP contribution in [0.2, 0.25) is 0 Å². The molecule has 0 aliphatic rings. The summed E-state index contributed by atoms with van der Waals surface area (Å²) >= 11 is 0.125. The molecule has 0 radical (unpaired) electrons. The Labute approximate surface area is 56.5 Å². The summed E-state index contributed by atoms with van der Waals surface area (Å²) in [5, 5.41) is 15.8. The molecule has 0 heterocycles. The van der Waals surface area contributed by atoms with E-state index in [0.717, 1.165) is 0 Å². The van der Waals surface area contributed by atoms with E-state index in [4.69, 9.17) is 13.8 Å². The SMILES string of the molecule is CC(O)C(=O)O.[O]=[Zn]. The molecule has 0 rings (SSSR count). The first-order valence-electron chi connectivity index (χ1n) is 1.84. The van der Waals surface area contributed by atoms with Gasteiger partial charge in [0.2, 0.25) is 0 Å². The topological polar surface area (TPSA) is 74.6 Å². The van der Waals surface area contributed by atoms with Gasteiger partial charge in [0.25, 0.3) is 0 Å². The molecule has 0 spiro atoms. The van der Waals surface area contributed by atoms with E-state index in [1.54, 1.807) is 0 Å². The van der Waals surface area contributed by atoms with Gasteiger partial charge in [-0.15, -0.1) is 0 Å². The molecular weight excluding hydrogens is 165 g/mol. The van der Waals surface area contributed by atoms with Crippen molar-refractivity contribution in [2.75, 3.05) is 0 Å². The minimum atomic E-state index is -1.23. The van der Waals surface area contributed by atoms with Crippen molar-refractivity contribution in [3.63, 3.8) is 0 Å². The van der Waals surface area contributed by atoms with Gasteiger partial charge < -0.3 is 10.2 Å². The van der Waals surface area contributed by atoms with Gasteiger partial charge in [-0.3, -0.25) is 0 Å². The quantitative estimate of drug-likeness (QED) is 0.513. The van der Waals surface area contributed by atoms with Crippen LogP contribution < -0.4 is 0 Å². The normalized spacial score (nSPS) is 11.0. The summed E-state index contributed by atoms with van der Waals surface area (Å²) in [5.41, 5.74) is 0. The second-order valence-electron chi connectivity index (χ2n) is 1.01. The number of carboxylic acids is 1. The predicted octanol–water partition coefficient (Wildman–Crippen LogP) is -0.669. The van der Waals surface area contributed by atoms with E-state index in [1.807, 2.05) is 0 Å². The fourth-order valence-corrected chi connectivity index (χ4v) is 0. The molecule has 0 saturated carbocycles. The average Bonchev–Trinajstić information content (AvgIpc) is 1.72. The summed E-state index contributed by atoms with van der Waals surface area (Å²) in [5.74, 6) is -1.19. The van der Waals surface area contributed by atoms with Gasteiger partial charge in [0, 0.05) is 0 Å². The van der Waals surface area contributed by atoms with Crippen molar-refractivity contribution >= 4 is 5.97 Å². The molecule has 0 fully saturated rings. The number of aliphatic carboxylic acids is 1. The van der Waals surface area contributed by atoms with Gasteiger partial charge in [-0.1, -0.05) is 0 Å². The molecule has 2 N–H and O–H groups in total. The second-order valence-corrected chi connectivity index (χ2v) is 1.01. The van der Waals surface area contributed by atoms with Crippen LogP contribution in [0.4, 0.5) is 0 Å². The first-order valence-corrected chi connectivity index (χ1v) is 3.05. The number of hydrogen-bond donors (Lipinski definition) is 2. The van der Waals surface area contributed by atoms with Crippen LogP contribution in [0.25, 0.3) is 0 Å². The maximum absolute atomic E-state index is 9.45. The van der Waals surface area contributed by atoms with E-state index in [0.29, 0.717) is 0 Å². The van der Waals surface area contributed by atoms with Crippen molar-refractivity contribution in [1.29, 1.82) is 0 Å². The Bertz CT molecular complexity index is 71.7. The third kappa shape index (κ3) is 9.29. The average molecular weight is 171 g/mol. The summed E-state index contributed by atoms with van der Waals surface area (Å²) in [6.45, 7) is 1.20.